The Bertz CT molecular complexity index is 151. The highest BCUT2D eigenvalue weighted by molar-refractivity contribution is 4.99. The first kappa shape index (κ1) is 8.79. The van der Waals surface area contributed by atoms with Gasteiger partial charge in [-0.15, -0.1) is 0 Å². The van der Waals surface area contributed by atoms with Gasteiger partial charge < -0.3 is 5.11 Å². The molecular formula is C10H18O. The Morgan fingerprint density at radius 3 is 2.55 bits per heavy atom. The van der Waals surface area contributed by atoms with Crippen LogP contribution >= 0.6 is 0 Å². The van der Waals surface area contributed by atoms with E-state index < -0.39 is 0 Å². The molecule has 0 amide bonds. The predicted molar refractivity (Wildman–Crippen MR) is 47.3 cm³/mol. The molecule has 0 radical (unpaired) electrons. The van der Waals surface area contributed by atoms with Gasteiger partial charge in [-0.05, 0) is 38.0 Å². The summed E-state index contributed by atoms with van der Waals surface area (Å²) in [6, 6.07) is 0. The molecule has 1 saturated carbocycles. The average Bonchev–Trinajstić information content (AvgIpc) is 1.94. The van der Waals surface area contributed by atoms with Crippen LogP contribution in [0, 0.1) is 11.8 Å². The normalized spacial score (nSPS) is 38.6. The Balaban J connectivity index is 2.46. The molecule has 0 saturated heterocycles. The first-order valence-electron chi connectivity index (χ1n) is 4.44. The minimum atomic E-state index is -0.0922. The van der Waals surface area contributed by atoms with Crippen LogP contribution in [0.5, 0.6) is 0 Å². The number of aliphatic hydroxyl groups is 1. The van der Waals surface area contributed by atoms with Crippen LogP contribution in [0.3, 0.4) is 0 Å². The molecule has 1 heteroatoms. The molecule has 1 N–H and O–H groups in total. The third-order valence-electron chi connectivity index (χ3n) is 2.85. The average molecular weight is 154 g/mol. The van der Waals surface area contributed by atoms with Gasteiger partial charge in [-0.3, -0.25) is 0 Å². The lowest BCUT2D eigenvalue weighted by Gasteiger charge is -2.31. The Morgan fingerprint density at radius 1 is 1.45 bits per heavy atom. The lowest BCUT2D eigenvalue weighted by atomic mass is 9.78. The summed E-state index contributed by atoms with van der Waals surface area (Å²) in [5.41, 5.74) is 1.23. The summed E-state index contributed by atoms with van der Waals surface area (Å²) in [7, 11) is 0. The van der Waals surface area contributed by atoms with Gasteiger partial charge in [-0.25, -0.2) is 0 Å². The van der Waals surface area contributed by atoms with Crippen molar-refractivity contribution in [1.29, 1.82) is 0 Å². The summed E-state index contributed by atoms with van der Waals surface area (Å²) >= 11 is 0. The summed E-state index contributed by atoms with van der Waals surface area (Å²) in [4.78, 5) is 0. The van der Waals surface area contributed by atoms with Crippen molar-refractivity contribution in [3.05, 3.63) is 12.2 Å². The second kappa shape index (κ2) is 3.40. The predicted octanol–water partition coefficient (Wildman–Crippen LogP) is 2.36. The zero-order valence-electron chi connectivity index (χ0n) is 7.51. The van der Waals surface area contributed by atoms with Crippen LogP contribution in [0.1, 0.15) is 33.1 Å². The zero-order valence-corrected chi connectivity index (χ0v) is 7.51. The lowest BCUT2D eigenvalue weighted by Crippen LogP contribution is -2.27. The van der Waals surface area contributed by atoms with E-state index >= 15 is 0 Å². The van der Waals surface area contributed by atoms with Crippen molar-refractivity contribution in [3.63, 3.8) is 0 Å². The number of rotatable bonds is 1. The van der Waals surface area contributed by atoms with Crippen LogP contribution in [-0.4, -0.2) is 11.2 Å². The second-order valence-corrected chi connectivity index (χ2v) is 3.90. The lowest BCUT2D eigenvalue weighted by molar-refractivity contribution is 0.0614. The second-order valence-electron chi connectivity index (χ2n) is 3.90. The van der Waals surface area contributed by atoms with E-state index in [0.717, 1.165) is 12.8 Å². The molecule has 0 bridgehead atoms. The van der Waals surface area contributed by atoms with Gasteiger partial charge in [-0.2, -0.15) is 0 Å². The molecule has 0 aliphatic heterocycles. The standard InChI is InChI=1S/C10H18O/c1-7(2)9-5-4-8(3)10(11)6-9/h8-11H,1,4-6H2,2-3H3/t8-,9?,10+/m1/s1. The topological polar surface area (TPSA) is 20.2 Å². The highest BCUT2D eigenvalue weighted by Crippen LogP contribution is 2.32. The first-order valence-corrected chi connectivity index (χ1v) is 4.44. The summed E-state index contributed by atoms with van der Waals surface area (Å²) < 4.78 is 0. The van der Waals surface area contributed by atoms with E-state index in [1.807, 2.05) is 0 Å². The number of allylic oxidation sites excluding steroid dienone is 1. The van der Waals surface area contributed by atoms with Crippen LogP contribution in [0.2, 0.25) is 0 Å². The van der Waals surface area contributed by atoms with Crippen LogP contribution in [-0.2, 0) is 0 Å². The van der Waals surface area contributed by atoms with Gasteiger partial charge in [0.2, 0.25) is 0 Å². The third kappa shape index (κ3) is 2.06. The van der Waals surface area contributed by atoms with Gasteiger partial charge in [0, 0.05) is 0 Å². The molecule has 1 aliphatic carbocycles. The molecule has 1 unspecified atom stereocenters. The van der Waals surface area contributed by atoms with Gasteiger partial charge in [0.15, 0.2) is 0 Å². The Hall–Kier alpha value is -0.300. The highest BCUT2D eigenvalue weighted by atomic mass is 16.3. The van der Waals surface area contributed by atoms with Crippen molar-refractivity contribution >= 4 is 0 Å². The van der Waals surface area contributed by atoms with E-state index in [1.54, 1.807) is 0 Å². The van der Waals surface area contributed by atoms with Gasteiger partial charge in [-0.1, -0.05) is 19.1 Å². The van der Waals surface area contributed by atoms with Crippen LogP contribution in [0.25, 0.3) is 0 Å². The van der Waals surface area contributed by atoms with Crippen molar-refractivity contribution in [3.8, 4) is 0 Å². The van der Waals surface area contributed by atoms with Gasteiger partial charge in [0.25, 0.3) is 0 Å². The van der Waals surface area contributed by atoms with Gasteiger partial charge >= 0.3 is 0 Å². The summed E-state index contributed by atoms with van der Waals surface area (Å²) in [6.07, 6.45) is 3.20. The van der Waals surface area contributed by atoms with Gasteiger partial charge in [0.1, 0.15) is 0 Å². The van der Waals surface area contributed by atoms with Crippen LogP contribution in [0.15, 0.2) is 12.2 Å². The quantitative estimate of drug-likeness (QED) is 0.575. The molecule has 1 aliphatic rings. The summed E-state index contributed by atoms with van der Waals surface area (Å²) in [6.45, 7) is 8.11. The number of hydrogen-bond donors (Lipinski definition) is 1. The SMILES string of the molecule is C=C(C)C1CC[C@@H](C)[C@@H](O)C1. The molecule has 1 rings (SSSR count). The van der Waals surface area contributed by atoms with Crippen molar-refractivity contribution in [2.45, 2.75) is 39.2 Å². The smallest absolute Gasteiger partial charge is 0.0571 e. The third-order valence-corrected chi connectivity index (χ3v) is 2.85. The number of aliphatic hydroxyl groups excluding tert-OH is 1. The fourth-order valence-corrected chi connectivity index (χ4v) is 1.75. The largest absolute Gasteiger partial charge is 0.393 e. The van der Waals surface area contributed by atoms with E-state index in [9.17, 15) is 5.11 Å². The Labute approximate surface area is 69.1 Å². The zero-order chi connectivity index (χ0) is 8.43. The minimum absolute atomic E-state index is 0.0922. The molecular weight excluding hydrogens is 136 g/mol. The van der Waals surface area contributed by atoms with Crippen molar-refractivity contribution in [1.82, 2.24) is 0 Å². The van der Waals surface area contributed by atoms with Crippen molar-refractivity contribution < 1.29 is 5.11 Å². The number of hydrogen-bond acceptors (Lipinski definition) is 1. The van der Waals surface area contributed by atoms with E-state index in [4.69, 9.17) is 0 Å². The molecule has 1 nitrogen and oxygen atoms in total. The summed E-state index contributed by atoms with van der Waals surface area (Å²) in [5, 5.41) is 9.56. The molecule has 0 heterocycles. The van der Waals surface area contributed by atoms with E-state index in [1.165, 1.54) is 12.0 Å². The molecule has 0 aromatic heterocycles. The maximum Gasteiger partial charge on any atom is 0.0571 e. The molecule has 11 heavy (non-hydrogen) atoms. The van der Waals surface area contributed by atoms with Crippen molar-refractivity contribution in [2.24, 2.45) is 11.8 Å². The van der Waals surface area contributed by atoms with E-state index in [2.05, 4.69) is 20.4 Å². The maximum absolute atomic E-state index is 9.56. The fourth-order valence-electron chi connectivity index (χ4n) is 1.75. The first-order chi connectivity index (χ1) is 5.11. The van der Waals surface area contributed by atoms with Crippen molar-refractivity contribution in [2.75, 3.05) is 0 Å². The molecule has 0 aromatic carbocycles. The fraction of sp³-hybridized carbons (Fsp3) is 0.800. The molecule has 0 aromatic rings. The van der Waals surface area contributed by atoms with E-state index in [0.29, 0.717) is 11.8 Å². The van der Waals surface area contributed by atoms with Crippen LogP contribution < -0.4 is 0 Å². The highest BCUT2D eigenvalue weighted by Gasteiger charge is 2.25. The Kier molecular flexibility index (Phi) is 2.72. The summed E-state index contributed by atoms with van der Waals surface area (Å²) in [5.74, 6) is 1.06. The van der Waals surface area contributed by atoms with Crippen LogP contribution in [0.4, 0.5) is 0 Å². The van der Waals surface area contributed by atoms with Gasteiger partial charge in [0.05, 0.1) is 6.10 Å². The Morgan fingerprint density at radius 2 is 2.09 bits per heavy atom. The molecule has 64 valence electrons. The molecule has 0 spiro atoms. The van der Waals surface area contributed by atoms with E-state index in [-0.39, 0.29) is 6.10 Å². The monoisotopic (exact) mass is 154 g/mol. The molecule has 1 fully saturated rings. The minimum Gasteiger partial charge on any atom is -0.393 e. The maximum atomic E-state index is 9.56. The molecule has 3 atom stereocenters.